The van der Waals surface area contributed by atoms with Gasteiger partial charge in [0.2, 0.25) is 0 Å². The number of carboxylic acids is 2. The van der Waals surface area contributed by atoms with Crippen LogP contribution in [0.15, 0.2) is 12.2 Å². The van der Waals surface area contributed by atoms with Crippen LogP contribution in [0.5, 0.6) is 0 Å². The molecule has 0 spiro atoms. The molecule has 0 aliphatic carbocycles. The maximum absolute atomic E-state index is 12.0. The molecule has 0 unspecified atom stereocenters. The molecule has 2 amide bonds. The maximum Gasteiger partial charge on any atom is 0.414 e. The van der Waals surface area contributed by atoms with Gasteiger partial charge in [-0.1, -0.05) is 5.57 Å². The van der Waals surface area contributed by atoms with E-state index in [1.54, 1.807) is 0 Å². The number of carbonyl (C=O) groups excluding carboxylic acids is 1. The molecule has 3 N–H and O–H groups in total. The molecular formula is C11H13NO7. The highest BCUT2D eigenvalue weighted by atomic mass is 16.4. The number of imide groups is 1. The van der Waals surface area contributed by atoms with E-state index < -0.39 is 41.8 Å². The van der Waals surface area contributed by atoms with Crippen molar-refractivity contribution in [1.29, 1.82) is 0 Å². The third-order valence-electron chi connectivity index (χ3n) is 2.99. The largest absolute Gasteiger partial charge is 0.480 e. The number of carboxylic acid groups (broad SMARTS) is 3. The first kappa shape index (κ1) is 14.7. The lowest BCUT2D eigenvalue weighted by Crippen LogP contribution is -2.45. The number of allylic oxidation sites excluding steroid dienone is 1. The topological polar surface area (TPSA) is 132 Å². The molecule has 0 radical (unpaired) electrons. The predicted molar refractivity (Wildman–Crippen MR) is 60.4 cm³/mol. The molecule has 8 heteroatoms. The number of carbonyl (C=O) groups is 4. The summed E-state index contributed by atoms with van der Waals surface area (Å²) in [6.45, 7) is 4.97. The molecule has 2 atom stereocenters. The predicted octanol–water partition coefficient (Wildman–Crippen LogP) is 0.387. The van der Waals surface area contributed by atoms with Crippen molar-refractivity contribution in [2.24, 2.45) is 5.41 Å². The monoisotopic (exact) mass is 271 g/mol. The van der Waals surface area contributed by atoms with Crippen LogP contribution in [0.4, 0.5) is 4.79 Å². The summed E-state index contributed by atoms with van der Waals surface area (Å²) in [7, 11) is 0. The standard InChI is InChI=1S/C11H13NO7/c1-5(2)3-11(9(16)17)4-6(7(13)14)12(8(11)15)10(18)19/h6H,1,3-4H2,2H3,(H,13,14)(H,16,17)(H,18,19)/t6-,11-/m0/s1. The fraction of sp³-hybridized carbons (Fsp3) is 0.455. The van der Waals surface area contributed by atoms with E-state index in [0.717, 1.165) is 0 Å². The Morgan fingerprint density at radius 3 is 2.16 bits per heavy atom. The van der Waals surface area contributed by atoms with Gasteiger partial charge in [0.05, 0.1) is 0 Å². The average molecular weight is 271 g/mol. The molecule has 0 aromatic heterocycles. The number of hydrogen-bond donors (Lipinski definition) is 3. The van der Waals surface area contributed by atoms with Crippen LogP contribution in [0, 0.1) is 5.41 Å². The van der Waals surface area contributed by atoms with Gasteiger partial charge in [-0.25, -0.2) is 14.5 Å². The smallest absolute Gasteiger partial charge is 0.414 e. The SMILES string of the molecule is C=C(C)C[C@]1(C(=O)O)C[C@@H](C(=O)O)N(C(=O)O)C1=O. The molecule has 1 saturated heterocycles. The normalized spacial score (nSPS) is 26.3. The number of amides is 2. The van der Waals surface area contributed by atoms with E-state index in [1.165, 1.54) is 6.92 Å². The molecule has 19 heavy (non-hydrogen) atoms. The van der Waals surface area contributed by atoms with Crippen molar-refractivity contribution in [3.63, 3.8) is 0 Å². The van der Waals surface area contributed by atoms with Gasteiger partial charge in [-0.05, 0) is 13.3 Å². The average Bonchev–Trinajstić information content (AvgIpc) is 2.53. The van der Waals surface area contributed by atoms with Crippen molar-refractivity contribution < 1.29 is 34.5 Å². The van der Waals surface area contributed by atoms with E-state index in [2.05, 4.69) is 6.58 Å². The summed E-state index contributed by atoms with van der Waals surface area (Å²) in [5, 5.41) is 27.0. The Kier molecular flexibility index (Phi) is 3.64. The van der Waals surface area contributed by atoms with Crippen molar-refractivity contribution >= 4 is 23.9 Å². The first-order valence-corrected chi connectivity index (χ1v) is 5.30. The van der Waals surface area contributed by atoms with Gasteiger partial charge < -0.3 is 15.3 Å². The molecule has 1 fully saturated rings. The van der Waals surface area contributed by atoms with E-state index in [1.807, 2.05) is 0 Å². The minimum absolute atomic E-state index is 0.0688. The molecule has 0 aromatic rings. The lowest BCUT2D eigenvalue weighted by molar-refractivity contribution is -0.155. The zero-order chi connectivity index (χ0) is 15.0. The number of aliphatic carboxylic acids is 2. The highest BCUT2D eigenvalue weighted by Crippen LogP contribution is 2.41. The van der Waals surface area contributed by atoms with Gasteiger partial charge in [-0.15, -0.1) is 6.58 Å². The van der Waals surface area contributed by atoms with Crippen LogP contribution < -0.4 is 0 Å². The summed E-state index contributed by atoms with van der Waals surface area (Å²) < 4.78 is 0. The second-order valence-electron chi connectivity index (χ2n) is 4.54. The zero-order valence-corrected chi connectivity index (χ0v) is 10.1. The van der Waals surface area contributed by atoms with E-state index in [0.29, 0.717) is 5.57 Å². The summed E-state index contributed by atoms with van der Waals surface area (Å²) in [5.74, 6) is -4.33. The Hall–Kier alpha value is -2.38. The Balaban J connectivity index is 3.33. The van der Waals surface area contributed by atoms with Crippen LogP contribution in [0.1, 0.15) is 19.8 Å². The zero-order valence-electron chi connectivity index (χ0n) is 10.1. The Bertz CT molecular complexity index is 483. The summed E-state index contributed by atoms with van der Waals surface area (Å²) in [5.41, 5.74) is -1.72. The Morgan fingerprint density at radius 1 is 1.37 bits per heavy atom. The summed E-state index contributed by atoms with van der Waals surface area (Å²) in [4.78, 5) is 45.4. The molecular weight excluding hydrogens is 258 g/mol. The fourth-order valence-corrected chi connectivity index (χ4v) is 2.22. The molecule has 8 nitrogen and oxygen atoms in total. The van der Waals surface area contributed by atoms with Crippen LogP contribution >= 0.6 is 0 Å². The van der Waals surface area contributed by atoms with E-state index in [4.69, 9.17) is 10.2 Å². The third kappa shape index (κ3) is 2.28. The summed E-state index contributed by atoms with van der Waals surface area (Å²) >= 11 is 0. The molecule has 1 aliphatic heterocycles. The first-order valence-electron chi connectivity index (χ1n) is 5.30. The minimum atomic E-state index is -2.08. The lowest BCUT2D eigenvalue weighted by atomic mass is 9.79. The Labute approximate surface area is 107 Å². The van der Waals surface area contributed by atoms with E-state index in [9.17, 15) is 24.3 Å². The number of hydrogen-bond acceptors (Lipinski definition) is 4. The minimum Gasteiger partial charge on any atom is -0.480 e. The molecule has 1 aliphatic rings. The van der Waals surface area contributed by atoms with Gasteiger partial charge >= 0.3 is 18.0 Å². The van der Waals surface area contributed by atoms with Crippen molar-refractivity contribution in [2.75, 3.05) is 0 Å². The Morgan fingerprint density at radius 2 is 1.89 bits per heavy atom. The maximum atomic E-state index is 12.0. The van der Waals surface area contributed by atoms with E-state index in [-0.39, 0.29) is 11.3 Å². The number of rotatable bonds is 4. The quantitative estimate of drug-likeness (QED) is 0.497. The molecule has 104 valence electrons. The number of likely N-dealkylation sites (tertiary alicyclic amines) is 1. The van der Waals surface area contributed by atoms with Crippen molar-refractivity contribution in [3.05, 3.63) is 12.2 Å². The van der Waals surface area contributed by atoms with Crippen LogP contribution in [0.2, 0.25) is 0 Å². The van der Waals surface area contributed by atoms with Gasteiger partial charge in [-0.3, -0.25) is 9.59 Å². The molecule has 1 heterocycles. The van der Waals surface area contributed by atoms with Crippen LogP contribution in [-0.4, -0.2) is 50.2 Å². The van der Waals surface area contributed by atoms with Gasteiger partial charge in [-0.2, -0.15) is 0 Å². The molecule has 0 bridgehead atoms. The lowest BCUT2D eigenvalue weighted by Gasteiger charge is -2.21. The van der Waals surface area contributed by atoms with E-state index >= 15 is 0 Å². The fourth-order valence-electron chi connectivity index (χ4n) is 2.22. The van der Waals surface area contributed by atoms with Gasteiger partial charge in [0.1, 0.15) is 6.04 Å². The van der Waals surface area contributed by atoms with Crippen molar-refractivity contribution in [1.82, 2.24) is 4.90 Å². The second-order valence-corrected chi connectivity index (χ2v) is 4.54. The second kappa shape index (κ2) is 4.71. The molecule has 1 rings (SSSR count). The van der Waals surface area contributed by atoms with Gasteiger partial charge in [0.25, 0.3) is 5.91 Å². The van der Waals surface area contributed by atoms with Gasteiger partial charge in [0.15, 0.2) is 5.41 Å². The third-order valence-corrected chi connectivity index (χ3v) is 2.99. The highest BCUT2D eigenvalue weighted by molar-refractivity contribution is 6.11. The van der Waals surface area contributed by atoms with Gasteiger partial charge in [0, 0.05) is 6.42 Å². The van der Waals surface area contributed by atoms with Crippen LogP contribution in [0.3, 0.4) is 0 Å². The molecule has 0 aromatic carbocycles. The highest BCUT2D eigenvalue weighted by Gasteiger charge is 2.60. The first-order chi connectivity index (χ1) is 8.63. The van der Waals surface area contributed by atoms with Crippen molar-refractivity contribution in [3.8, 4) is 0 Å². The van der Waals surface area contributed by atoms with Crippen LogP contribution in [-0.2, 0) is 14.4 Å². The summed E-state index contributed by atoms with van der Waals surface area (Å²) in [6, 6.07) is -1.69. The molecule has 0 saturated carbocycles. The number of nitrogens with zero attached hydrogens (tertiary/aromatic N) is 1. The van der Waals surface area contributed by atoms with Crippen LogP contribution in [0.25, 0.3) is 0 Å². The van der Waals surface area contributed by atoms with Crippen molar-refractivity contribution in [2.45, 2.75) is 25.8 Å². The summed E-state index contributed by atoms with van der Waals surface area (Å²) in [6.07, 6.45) is -2.67.